The summed E-state index contributed by atoms with van der Waals surface area (Å²) in [5.74, 6) is 0.628. The molecular weight excluding hydrogens is 196 g/mol. The first-order valence-electron chi connectivity index (χ1n) is 5.01. The average molecular weight is 211 g/mol. The van der Waals surface area contributed by atoms with Crippen LogP contribution in [0.2, 0.25) is 5.02 Å². The third-order valence-corrected chi connectivity index (χ3v) is 3.04. The second kappa shape index (κ2) is 3.87. The Labute approximate surface area is 89.9 Å². The SMILES string of the molecule is CC(C)N1CC(c2cncc(Cl)c2)C1. The van der Waals surface area contributed by atoms with Crippen LogP contribution >= 0.6 is 11.6 Å². The Morgan fingerprint density at radius 2 is 2.14 bits per heavy atom. The van der Waals surface area contributed by atoms with Crippen LogP contribution in [-0.2, 0) is 0 Å². The number of aromatic nitrogens is 1. The van der Waals surface area contributed by atoms with Gasteiger partial charge in [0.25, 0.3) is 0 Å². The van der Waals surface area contributed by atoms with Gasteiger partial charge in [0.05, 0.1) is 5.02 Å². The topological polar surface area (TPSA) is 16.1 Å². The maximum atomic E-state index is 5.89. The lowest BCUT2D eigenvalue weighted by Crippen LogP contribution is -2.48. The van der Waals surface area contributed by atoms with Crippen LogP contribution in [0.25, 0.3) is 0 Å². The molecule has 1 aliphatic heterocycles. The first kappa shape index (κ1) is 9.94. The van der Waals surface area contributed by atoms with Gasteiger partial charge in [0.2, 0.25) is 0 Å². The van der Waals surface area contributed by atoms with Gasteiger partial charge in [-0.25, -0.2) is 0 Å². The van der Waals surface area contributed by atoms with E-state index in [0.29, 0.717) is 12.0 Å². The summed E-state index contributed by atoms with van der Waals surface area (Å²) in [6, 6.07) is 2.68. The van der Waals surface area contributed by atoms with Crippen molar-refractivity contribution in [2.45, 2.75) is 25.8 Å². The molecule has 1 aliphatic rings. The molecule has 0 radical (unpaired) electrons. The van der Waals surface area contributed by atoms with Crippen molar-refractivity contribution in [1.82, 2.24) is 9.88 Å². The van der Waals surface area contributed by atoms with Crippen LogP contribution in [0, 0.1) is 0 Å². The van der Waals surface area contributed by atoms with E-state index in [1.54, 1.807) is 6.20 Å². The molecule has 2 nitrogen and oxygen atoms in total. The summed E-state index contributed by atoms with van der Waals surface area (Å²) < 4.78 is 0. The van der Waals surface area contributed by atoms with E-state index < -0.39 is 0 Å². The van der Waals surface area contributed by atoms with Crippen LogP contribution in [0.1, 0.15) is 25.3 Å². The second-order valence-corrected chi connectivity index (χ2v) is 4.62. The molecule has 0 aliphatic carbocycles. The Bertz CT molecular complexity index is 319. The van der Waals surface area contributed by atoms with E-state index in [0.717, 1.165) is 18.1 Å². The summed E-state index contributed by atoms with van der Waals surface area (Å²) in [5.41, 5.74) is 1.27. The number of pyridine rings is 1. The molecule has 0 unspecified atom stereocenters. The van der Waals surface area contributed by atoms with E-state index in [4.69, 9.17) is 11.6 Å². The fourth-order valence-electron chi connectivity index (χ4n) is 1.80. The molecule has 1 aromatic heterocycles. The smallest absolute Gasteiger partial charge is 0.0592 e. The Hall–Kier alpha value is -0.600. The van der Waals surface area contributed by atoms with Crippen molar-refractivity contribution < 1.29 is 0 Å². The summed E-state index contributed by atoms with van der Waals surface area (Å²) in [5, 5.41) is 0.741. The molecule has 0 bridgehead atoms. The van der Waals surface area contributed by atoms with Gasteiger partial charge in [-0.05, 0) is 25.5 Å². The lowest BCUT2D eigenvalue weighted by atomic mass is 9.91. The molecular formula is C11H15ClN2. The molecule has 2 rings (SSSR count). The first-order chi connectivity index (χ1) is 6.66. The van der Waals surface area contributed by atoms with Gasteiger partial charge in [0.1, 0.15) is 0 Å². The van der Waals surface area contributed by atoms with Crippen molar-refractivity contribution in [2.24, 2.45) is 0 Å². The molecule has 0 N–H and O–H groups in total. The van der Waals surface area contributed by atoms with Crippen molar-refractivity contribution in [3.63, 3.8) is 0 Å². The average Bonchev–Trinajstić information content (AvgIpc) is 2.00. The highest BCUT2D eigenvalue weighted by molar-refractivity contribution is 6.30. The van der Waals surface area contributed by atoms with E-state index in [1.807, 2.05) is 12.3 Å². The molecule has 2 heterocycles. The number of hydrogen-bond donors (Lipinski definition) is 0. The van der Waals surface area contributed by atoms with Gasteiger partial charge >= 0.3 is 0 Å². The van der Waals surface area contributed by atoms with Gasteiger partial charge in [-0.2, -0.15) is 0 Å². The molecule has 76 valence electrons. The molecule has 1 fully saturated rings. The zero-order valence-corrected chi connectivity index (χ0v) is 9.33. The predicted octanol–water partition coefficient (Wildman–Crippen LogP) is 2.54. The Morgan fingerprint density at radius 1 is 1.43 bits per heavy atom. The third kappa shape index (κ3) is 1.91. The van der Waals surface area contributed by atoms with Crippen molar-refractivity contribution in [2.75, 3.05) is 13.1 Å². The highest BCUT2D eigenvalue weighted by Crippen LogP contribution is 2.28. The predicted molar refractivity (Wildman–Crippen MR) is 58.7 cm³/mol. The summed E-state index contributed by atoms with van der Waals surface area (Å²) in [4.78, 5) is 6.56. The van der Waals surface area contributed by atoms with Gasteiger partial charge in [0.15, 0.2) is 0 Å². The molecule has 1 saturated heterocycles. The number of nitrogens with zero attached hydrogens (tertiary/aromatic N) is 2. The van der Waals surface area contributed by atoms with Crippen molar-refractivity contribution >= 4 is 11.6 Å². The van der Waals surface area contributed by atoms with E-state index in [2.05, 4.69) is 23.7 Å². The zero-order chi connectivity index (χ0) is 10.1. The fraction of sp³-hybridized carbons (Fsp3) is 0.545. The van der Waals surface area contributed by atoms with Gasteiger partial charge in [-0.3, -0.25) is 9.88 Å². The van der Waals surface area contributed by atoms with Crippen molar-refractivity contribution in [1.29, 1.82) is 0 Å². The largest absolute Gasteiger partial charge is 0.300 e. The molecule has 0 spiro atoms. The van der Waals surface area contributed by atoms with Crippen LogP contribution in [0.5, 0.6) is 0 Å². The molecule has 0 amide bonds. The molecule has 0 atom stereocenters. The van der Waals surface area contributed by atoms with Crippen molar-refractivity contribution in [3.8, 4) is 0 Å². The monoisotopic (exact) mass is 210 g/mol. The Morgan fingerprint density at radius 3 is 2.71 bits per heavy atom. The Balaban J connectivity index is 2.00. The first-order valence-corrected chi connectivity index (χ1v) is 5.39. The number of halogens is 1. The fourth-order valence-corrected chi connectivity index (χ4v) is 1.98. The maximum Gasteiger partial charge on any atom is 0.0592 e. The lowest BCUT2D eigenvalue weighted by molar-refractivity contribution is 0.110. The summed E-state index contributed by atoms with van der Waals surface area (Å²) >= 11 is 5.89. The van der Waals surface area contributed by atoms with E-state index in [-0.39, 0.29) is 0 Å². The minimum Gasteiger partial charge on any atom is -0.300 e. The van der Waals surface area contributed by atoms with Gasteiger partial charge in [-0.1, -0.05) is 11.6 Å². The molecule has 1 aromatic rings. The highest BCUT2D eigenvalue weighted by atomic mass is 35.5. The van der Waals surface area contributed by atoms with Gasteiger partial charge in [0, 0.05) is 37.4 Å². The van der Waals surface area contributed by atoms with Crippen LogP contribution in [0.3, 0.4) is 0 Å². The van der Waals surface area contributed by atoms with Gasteiger partial charge in [-0.15, -0.1) is 0 Å². The van der Waals surface area contributed by atoms with Crippen LogP contribution < -0.4 is 0 Å². The Kier molecular flexibility index (Phi) is 2.75. The van der Waals surface area contributed by atoms with Crippen LogP contribution in [0.15, 0.2) is 18.5 Å². The summed E-state index contributed by atoms with van der Waals surface area (Å²) in [6.07, 6.45) is 3.61. The summed E-state index contributed by atoms with van der Waals surface area (Å²) in [6.45, 7) is 6.73. The van der Waals surface area contributed by atoms with Gasteiger partial charge < -0.3 is 0 Å². The van der Waals surface area contributed by atoms with E-state index in [1.165, 1.54) is 5.56 Å². The lowest BCUT2D eigenvalue weighted by Gasteiger charge is -2.42. The molecule has 0 aromatic carbocycles. The maximum absolute atomic E-state index is 5.89. The van der Waals surface area contributed by atoms with E-state index >= 15 is 0 Å². The van der Waals surface area contributed by atoms with Crippen LogP contribution in [-0.4, -0.2) is 29.0 Å². The molecule has 0 saturated carbocycles. The zero-order valence-electron chi connectivity index (χ0n) is 8.57. The van der Waals surface area contributed by atoms with Crippen LogP contribution in [0.4, 0.5) is 0 Å². The highest BCUT2D eigenvalue weighted by Gasteiger charge is 2.29. The second-order valence-electron chi connectivity index (χ2n) is 4.18. The molecule has 14 heavy (non-hydrogen) atoms. The minimum absolute atomic E-state index is 0.628. The number of rotatable bonds is 2. The third-order valence-electron chi connectivity index (χ3n) is 2.84. The normalized spacial score (nSPS) is 18.6. The number of likely N-dealkylation sites (tertiary alicyclic amines) is 1. The summed E-state index contributed by atoms with van der Waals surface area (Å²) in [7, 11) is 0. The quantitative estimate of drug-likeness (QED) is 0.746. The number of hydrogen-bond acceptors (Lipinski definition) is 2. The van der Waals surface area contributed by atoms with Crippen molar-refractivity contribution in [3.05, 3.63) is 29.0 Å². The minimum atomic E-state index is 0.628. The van der Waals surface area contributed by atoms with E-state index in [9.17, 15) is 0 Å². The standard InChI is InChI=1S/C11H15ClN2/c1-8(2)14-6-10(7-14)9-3-11(12)5-13-4-9/h3-5,8,10H,6-7H2,1-2H3. The molecule has 3 heteroatoms.